The van der Waals surface area contributed by atoms with E-state index in [9.17, 15) is 24.3 Å². The molecule has 1 aromatic rings. The predicted molar refractivity (Wildman–Crippen MR) is 138 cm³/mol. The Labute approximate surface area is 218 Å². The van der Waals surface area contributed by atoms with Gasteiger partial charge in [0.05, 0.1) is 19.3 Å². The highest BCUT2D eigenvalue weighted by molar-refractivity contribution is 5.93. The molecule has 1 aromatic carbocycles. The third-order valence-electron chi connectivity index (χ3n) is 6.82. The van der Waals surface area contributed by atoms with Gasteiger partial charge in [0, 0.05) is 30.2 Å². The number of Topliss-reactive ketones (excluding diaryl/α,β-unsaturated/α-hetero) is 1. The maximum Gasteiger partial charge on any atom is 0.325 e. The normalized spacial score (nSPS) is 17.7. The van der Waals surface area contributed by atoms with Crippen LogP contribution in [0.1, 0.15) is 52.5 Å². The van der Waals surface area contributed by atoms with Gasteiger partial charge in [0.2, 0.25) is 11.8 Å². The molecular weight excluding hydrogens is 478 g/mol. The summed E-state index contributed by atoms with van der Waals surface area (Å²) in [5.74, 6) is -3.26. The van der Waals surface area contributed by atoms with Gasteiger partial charge in [-0.1, -0.05) is 32.9 Å². The molecule has 1 aliphatic rings. The van der Waals surface area contributed by atoms with E-state index in [1.165, 1.54) is 19.1 Å². The molecule has 2 amide bonds. The number of nitrogens with one attached hydrogen (secondary N) is 2. The fourth-order valence-corrected chi connectivity index (χ4v) is 4.51. The van der Waals surface area contributed by atoms with Crippen LogP contribution < -0.4 is 16.4 Å². The van der Waals surface area contributed by atoms with Gasteiger partial charge in [-0.3, -0.25) is 19.2 Å². The number of ketones is 1. The van der Waals surface area contributed by atoms with E-state index < -0.39 is 35.8 Å². The number of aliphatic carboxylic acids is 1. The zero-order valence-corrected chi connectivity index (χ0v) is 22.2. The van der Waals surface area contributed by atoms with Crippen LogP contribution in [0.5, 0.6) is 5.75 Å². The second-order valence-electron chi connectivity index (χ2n) is 10.8. The minimum Gasteiger partial charge on any atom is -0.508 e. The molecule has 0 aliphatic carbocycles. The Balaban J connectivity index is 2.19. The number of rotatable bonds is 15. The monoisotopic (exact) mass is 519 g/mol. The number of phenolic OH excluding ortho intramolecular Hbond substituents is 1. The van der Waals surface area contributed by atoms with Crippen molar-refractivity contribution >= 4 is 23.6 Å². The predicted octanol–water partition coefficient (Wildman–Crippen LogP) is 1.63. The number of aromatic hydroxyl groups is 1. The zero-order chi connectivity index (χ0) is 27.8. The largest absolute Gasteiger partial charge is 0.508 e. The molecule has 0 saturated carbocycles. The Kier molecular flexibility index (Phi) is 11.1. The fourth-order valence-electron chi connectivity index (χ4n) is 4.51. The van der Waals surface area contributed by atoms with Crippen LogP contribution in [0.15, 0.2) is 24.3 Å². The number of carboxylic acid groups (broad SMARTS) is 1. The Morgan fingerprint density at radius 2 is 1.65 bits per heavy atom. The first-order chi connectivity index (χ1) is 17.4. The standard InChI is InChI=1S/C27H41N3O7/c1-16(2)9-20(25(34)29-18(4)26(35)36)11-23(32)22(10-19-5-7-21(31)8-6-19)30-24(33)17(3)12-27(13-28)14-37-15-27/h5-8,16-18,20,22,31H,9-15,28H2,1-4H3,(H,29,34)(H,30,33)(H,35,36)/t17-,18+,20-,22+/m1/s1. The van der Waals surface area contributed by atoms with Crippen molar-refractivity contribution in [1.82, 2.24) is 10.6 Å². The van der Waals surface area contributed by atoms with Crippen molar-refractivity contribution in [1.29, 1.82) is 0 Å². The van der Waals surface area contributed by atoms with Crippen LogP contribution in [0, 0.1) is 23.2 Å². The number of phenols is 1. The van der Waals surface area contributed by atoms with Gasteiger partial charge < -0.3 is 31.3 Å². The minimum absolute atomic E-state index is 0.0836. The van der Waals surface area contributed by atoms with Crippen LogP contribution >= 0.6 is 0 Å². The van der Waals surface area contributed by atoms with Crippen LogP contribution in [0.25, 0.3) is 0 Å². The van der Waals surface area contributed by atoms with Crippen LogP contribution in [0.2, 0.25) is 0 Å². The highest BCUT2D eigenvalue weighted by Gasteiger charge is 2.40. The first kappa shape index (κ1) is 30.2. The number of carbonyl (C=O) groups excluding carboxylic acids is 3. The number of amides is 2. The van der Waals surface area contributed by atoms with Crippen molar-refractivity contribution in [3.8, 4) is 5.75 Å². The summed E-state index contributed by atoms with van der Waals surface area (Å²) in [6.45, 7) is 8.39. The lowest BCUT2D eigenvalue weighted by atomic mass is 9.77. The van der Waals surface area contributed by atoms with Gasteiger partial charge >= 0.3 is 5.97 Å². The smallest absolute Gasteiger partial charge is 0.325 e. The molecule has 0 radical (unpaired) electrons. The maximum atomic E-state index is 13.5. The molecule has 2 rings (SSSR count). The lowest BCUT2D eigenvalue weighted by Gasteiger charge is -2.42. The maximum absolute atomic E-state index is 13.5. The molecule has 0 bridgehead atoms. The number of nitrogens with two attached hydrogens (primary N) is 1. The second kappa shape index (κ2) is 13.5. The van der Waals surface area contributed by atoms with Gasteiger partial charge in [0.25, 0.3) is 0 Å². The number of carbonyl (C=O) groups is 4. The molecule has 1 saturated heterocycles. The van der Waals surface area contributed by atoms with Crippen LogP contribution in [-0.4, -0.2) is 65.6 Å². The lowest BCUT2D eigenvalue weighted by molar-refractivity contribution is -0.142. The highest BCUT2D eigenvalue weighted by Crippen LogP contribution is 2.33. The molecule has 10 nitrogen and oxygen atoms in total. The number of benzene rings is 1. The Hall–Kier alpha value is -2.98. The van der Waals surface area contributed by atoms with Crippen molar-refractivity contribution in [3.63, 3.8) is 0 Å². The Bertz CT molecular complexity index is 938. The average Bonchev–Trinajstić information content (AvgIpc) is 2.81. The summed E-state index contributed by atoms with van der Waals surface area (Å²) in [6, 6.07) is 4.37. The Morgan fingerprint density at radius 1 is 1.03 bits per heavy atom. The molecule has 6 N–H and O–H groups in total. The zero-order valence-electron chi connectivity index (χ0n) is 22.2. The van der Waals surface area contributed by atoms with Gasteiger partial charge in [0.1, 0.15) is 11.8 Å². The number of hydrogen-bond acceptors (Lipinski definition) is 7. The van der Waals surface area contributed by atoms with Crippen LogP contribution in [-0.2, 0) is 30.3 Å². The summed E-state index contributed by atoms with van der Waals surface area (Å²) in [7, 11) is 0. The van der Waals surface area contributed by atoms with Crippen LogP contribution in [0.4, 0.5) is 0 Å². The quantitative estimate of drug-likeness (QED) is 0.233. The second-order valence-corrected chi connectivity index (χ2v) is 10.8. The molecule has 0 aromatic heterocycles. The molecule has 37 heavy (non-hydrogen) atoms. The highest BCUT2D eigenvalue weighted by atomic mass is 16.5. The summed E-state index contributed by atoms with van der Waals surface area (Å²) in [4.78, 5) is 50.7. The SMILES string of the molecule is CC(C)C[C@H](CC(=O)[C@H](Cc1ccc(O)cc1)NC(=O)[C@H](C)CC1(CN)COC1)C(=O)N[C@@H](C)C(=O)O. The van der Waals surface area contributed by atoms with E-state index in [0.717, 1.165) is 5.56 Å². The van der Waals surface area contributed by atoms with E-state index in [1.54, 1.807) is 19.1 Å². The van der Waals surface area contributed by atoms with Crippen molar-refractivity contribution in [2.24, 2.45) is 28.9 Å². The third-order valence-corrected chi connectivity index (χ3v) is 6.82. The van der Waals surface area contributed by atoms with Crippen molar-refractivity contribution in [2.45, 2.75) is 65.5 Å². The van der Waals surface area contributed by atoms with Crippen molar-refractivity contribution in [2.75, 3.05) is 19.8 Å². The molecule has 0 unspecified atom stereocenters. The minimum atomic E-state index is -1.17. The molecular formula is C27H41N3O7. The van der Waals surface area contributed by atoms with Gasteiger partial charge in [0.15, 0.2) is 5.78 Å². The average molecular weight is 520 g/mol. The van der Waals surface area contributed by atoms with E-state index in [2.05, 4.69) is 10.6 Å². The summed E-state index contributed by atoms with van der Waals surface area (Å²) in [5.41, 5.74) is 6.39. The van der Waals surface area contributed by atoms with Gasteiger partial charge in [-0.25, -0.2) is 0 Å². The molecule has 10 heteroatoms. The van der Waals surface area contributed by atoms with Crippen molar-refractivity contribution < 1.29 is 34.1 Å². The first-order valence-electron chi connectivity index (χ1n) is 12.8. The molecule has 4 atom stereocenters. The topological polar surface area (TPSA) is 168 Å². The third kappa shape index (κ3) is 9.12. The molecule has 1 heterocycles. The van der Waals surface area contributed by atoms with Gasteiger partial charge in [-0.05, 0) is 49.8 Å². The fraction of sp³-hybridized carbons (Fsp3) is 0.630. The number of ether oxygens (including phenoxy) is 1. The molecule has 206 valence electrons. The van der Waals surface area contributed by atoms with Crippen LogP contribution in [0.3, 0.4) is 0 Å². The van der Waals surface area contributed by atoms with E-state index >= 15 is 0 Å². The molecule has 0 spiro atoms. The van der Waals surface area contributed by atoms with Gasteiger partial charge in [-0.2, -0.15) is 0 Å². The first-order valence-corrected chi connectivity index (χ1v) is 12.8. The van der Waals surface area contributed by atoms with E-state index in [4.69, 9.17) is 15.6 Å². The van der Waals surface area contributed by atoms with Crippen molar-refractivity contribution in [3.05, 3.63) is 29.8 Å². The number of hydrogen-bond donors (Lipinski definition) is 5. The van der Waals surface area contributed by atoms with Gasteiger partial charge in [-0.15, -0.1) is 0 Å². The lowest BCUT2D eigenvalue weighted by Crippen LogP contribution is -2.52. The summed E-state index contributed by atoms with van der Waals surface area (Å²) >= 11 is 0. The Morgan fingerprint density at radius 3 is 2.14 bits per heavy atom. The molecule has 1 aliphatic heterocycles. The van der Waals surface area contributed by atoms with E-state index in [1.807, 2.05) is 13.8 Å². The molecule has 1 fully saturated rings. The number of carboxylic acids is 1. The summed E-state index contributed by atoms with van der Waals surface area (Å²) in [5, 5.41) is 24.1. The van der Waals surface area contributed by atoms with E-state index in [0.29, 0.717) is 32.6 Å². The van der Waals surface area contributed by atoms with E-state index in [-0.39, 0.29) is 41.6 Å². The summed E-state index contributed by atoms with van der Waals surface area (Å²) < 4.78 is 5.30. The summed E-state index contributed by atoms with van der Waals surface area (Å²) in [6.07, 6.45) is 0.957.